The van der Waals surface area contributed by atoms with Crippen molar-refractivity contribution in [3.05, 3.63) is 182 Å². The second-order valence-corrected chi connectivity index (χ2v) is 12.5. The second-order valence-electron chi connectivity index (χ2n) is 12.5. The molecule has 0 aliphatic rings. The van der Waals surface area contributed by atoms with Crippen LogP contribution in [-0.2, 0) is 0 Å². The Morgan fingerprint density at radius 2 is 0.980 bits per heavy atom. The van der Waals surface area contributed by atoms with Gasteiger partial charge >= 0.3 is 0 Å². The lowest BCUT2D eigenvalue weighted by atomic mass is 9.84. The normalized spacial score (nSPS) is 16.0. The van der Waals surface area contributed by atoms with Gasteiger partial charge in [0, 0.05) is 10.8 Å². The van der Waals surface area contributed by atoms with Gasteiger partial charge in [-0.25, -0.2) is 0 Å². The maximum atomic E-state index is 9.47. The van der Waals surface area contributed by atoms with E-state index in [-0.39, 0.29) is 32.7 Å². The number of hydrogen-bond donors (Lipinski definition) is 0. The zero-order valence-electron chi connectivity index (χ0n) is 41.6. The Bertz CT molecular complexity index is 3970. The van der Waals surface area contributed by atoms with Crippen molar-refractivity contribution < 1.29 is 25.0 Å². The molecule has 0 N–H and O–H groups in total. The van der Waals surface area contributed by atoms with E-state index >= 15 is 0 Å². The molecule has 51 heavy (non-hydrogen) atoms. The number of rotatable bonds is 3. The fraction of sp³-hybridized carbons (Fsp3) is 0. The van der Waals surface area contributed by atoms with E-state index in [2.05, 4.69) is 6.07 Å². The van der Waals surface area contributed by atoms with Crippen molar-refractivity contribution in [2.24, 2.45) is 0 Å². The standard InChI is InChI=1S/C50H30O/c1-3-14-37-32(11-1)13-9-21-40(37)48-43-18-7-5-16-41(43)47(42-17-6-8-19-44(42)48)35-26-24-31-23-25-34(29-36(31)30-35)39-20-10-22-45-50(39)49-38-15-4-2-12-33(38)27-28-46(49)51-45/h1-30H/i1D,3D,5D,6D,7D,8D,9D,11D,13D,14D,16D,17D,18D,19D,21D. The predicted molar refractivity (Wildman–Crippen MR) is 218 cm³/mol. The number of benzene rings is 10. The Labute approximate surface area is 315 Å². The van der Waals surface area contributed by atoms with Crippen LogP contribution in [0.4, 0.5) is 0 Å². The molecule has 0 saturated carbocycles. The first-order chi connectivity index (χ1) is 31.5. The van der Waals surface area contributed by atoms with Crippen LogP contribution >= 0.6 is 0 Å². The van der Waals surface area contributed by atoms with Crippen LogP contribution in [0.3, 0.4) is 0 Å². The highest BCUT2D eigenvalue weighted by molar-refractivity contribution is 6.25. The van der Waals surface area contributed by atoms with Gasteiger partial charge in [-0.3, -0.25) is 0 Å². The molecule has 10 aromatic carbocycles. The summed E-state index contributed by atoms with van der Waals surface area (Å²) in [6.07, 6.45) is 0. The summed E-state index contributed by atoms with van der Waals surface area (Å²) in [6, 6.07) is 18.9. The molecule has 0 radical (unpaired) electrons. The zero-order chi connectivity index (χ0) is 46.5. The van der Waals surface area contributed by atoms with Crippen molar-refractivity contribution in [1.29, 1.82) is 0 Å². The molecule has 1 heterocycles. The highest BCUT2D eigenvalue weighted by Crippen LogP contribution is 2.46. The van der Waals surface area contributed by atoms with E-state index in [1.165, 1.54) is 0 Å². The average molecular weight is 662 g/mol. The Morgan fingerprint density at radius 3 is 1.78 bits per heavy atom. The van der Waals surface area contributed by atoms with Gasteiger partial charge in [-0.15, -0.1) is 0 Å². The lowest BCUT2D eigenvalue weighted by Gasteiger charge is -2.19. The molecule has 1 heteroatoms. The van der Waals surface area contributed by atoms with Crippen LogP contribution in [-0.4, -0.2) is 0 Å². The fourth-order valence-corrected chi connectivity index (χ4v) is 7.56. The monoisotopic (exact) mass is 661 g/mol. The topological polar surface area (TPSA) is 13.1 Å². The van der Waals surface area contributed by atoms with E-state index in [9.17, 15) is 6.85 Å². The summed E-state index contributed by atoms with van der Waals surface area (Å²) in [5.74, 6) is 0. The SMILES string of the molecule is [2H]c1c([2H])c([2H])c2c(-c3c4c([2H])c([2H])c([2H])c([2H])c4c(-c4ccc5ccc(-c6cccc7oc8ccc9ccccc9c8c67)cc5c4)c4c([2H])c([2H])c([2H])c([2H])c34)c([2H])c([2H])c([2H])c2c1[2H]. The smallest absolute Gasteiger partial charge is 0.136 e. The van der Waals surface area contributed by atoms with E-state index in [0.29, 0.717) is 16.5 Å². The quantitative estimate of drug-likeness (QED) is 0.172. The Balaban J connectivity index is 1.30. The third kappa shape index (κ3) is 4.22. The molecule has 0 unspecified atom stereocenters. The first-order valence-electron chi connectivity index (χ1n) is 23.9. The molecule has 236 valence electrons. The summed E-state index contributed by atoms with van der Waals surface area (Å²) in [4.78, 5) is 0. The van der Waals surface area contributed by atoms with Crippen molar-refractivity contribution in [1.82, 2.24) is 0 Å². The molecular formula is C50H30O. The molecule has 0 amide bonds. The van der Waals surface area contributed by atoms with Crippen LogP contribution < -0.4 is 0 Å². The summed E-state index contributed by atoms with van der Waals surface area (Å²) in [5, 5.41) is 3.65. The Kier molecular flexibility index (Phi) is 3.70. The summed E-state index contributed by atoms with van der Waals surface area (Å²) < 4.78 is 142. The molecule has 0 fully saturated rings. The molecule has 0 bridgehead atoms. The maximum absolute atomic E-state index is 9.47. The third-order valence-corrected chi connectivity index (χ3v) is 9.76. The predicted octanol–water partition coefficient (Wildman–Crippen LogP) is 14.4. The van der Waals surface area contributed by atoms with Crippen LogP contribution in [0.25, 0.3) is 109 Å². The largest absolute Gasteiger partial charge is 0.456 e. The Hall–Kier alpha value is -6.70. The van der Waals surface area contributed by atoms with Gasteiger partial charge in [0.2, 0.25) is 0 Å². The van der Waals surface area contributed by atoms with E-state index < -0.39 is 107 Å². The minimum atomic E-state index is -0.757. The minimum Gasteiger partial charge on any atom is -0.456 e. The highest BCUT2D eigenvalue weighted by atomic mass is 16.3. The van der Waals surface area contributed by atoms with Gasteiger partial charge < -0.3 is 4.42 Å². The summed E-state index contributed by atoms with van der Waals surface area (Å²) >= 11 is 0. The number of furan rings is 1. The van der Waals surface area contributed by atoms with E-state index in [4.69, 9.17) is 18.1 Å². The van der Waals surface area contributed by atoms with Gasteiger partial charge in [0.05, 0.1) is 20.6 Å². The van der Waals surface area contributed by atoms with Crippen molar-refractivity contribution in [2.45, 2.75) is 0 Å². The van der Waals surface area contributed by atoms with Gasteiger partial charge in [0.1, 0.15) is 11.2 Å². The summed E-state index contributed by atoms with van der Waals surface area (Å²) in [7, 11) is 0. The zero-order valence-corrected chi connectivity index (χ0v) is 26.6. The number of fused-ring (bicyclic) bond motifs is 9. The molecule has 1 nitrogen and oxygen atoms in total. The minimum absolute atomic E-state index is 0.0328. The number of hydrogen-bond acceptors (Lipinski definition) is 1. The molecule has 0 atom stereocenters. The van der Waals surface area contributed by atoms with Crippen LogP contribution in [0.1, 0.15) is 20.6 Å². The molecule has 0 aliphatic carbocycles. The van der Waals surface area contributed by atoms with Crippen LogP contribution in [0.2, 0.25) is 0 Å². The molecule has 0 saturated heterocycles. The highest BCUT2D eigenvalue weighted by Gasteiger charge is 2.19. The van der Waals surface area contributed by atoms with Gasteiger partial charge in [-0.2, -0.15) is 0 Å². The molecule has 11 rings (SSSR count). The van der Waals surface area contributed by atoms with Gasteiger partial charge in [-0.1, -0.05) is 157 Å². The van der Waals surface area contributed by atoms with Gasteiger partial charge in [0.25, 0.3) is 0 Å². The average Bonchev–Trinajstić information content (AvgIpc) is 3.72. The second kappa shape index (κ2) is 10.9. The summed E-state index contributed by atoms with van der Waals surface area (Å²) in [6.45, 7) is 0. The lowest BCUT2D eigenvalue weighted by molar-refractivity contribution is 0.669. The summed E-state index contributed by atoms with van der Waals surface area (Å²) in [5.41, 5.74) is 2.72. The maximum Gasteiger partial charge on any atom is 0.136 e. The van der Waals surface area contributed by atoms with E-state index in [0.717, 1.165) is 43.6 Å². The molecule has 1 aromatic heterocycles. The fourth-order valence-electron chi connectivity index (χ4n) is 7.56. The molecule has 0 spiro atoms. The van der Waals surface area contributed by atoms with Crippen molar-refractivity contribution in [3.8, 4) is 33.4 Å². The third-order valence-electron chi connectivity index (χ3n) is 9.76. The van der Waals surface area contributed by atoms with Crippen molar-refractivity contribution >= 4 is 75.8 Å². The lowest BCUT2D eigenvalue weighted by Crippen LogP contribution is -1.91. The van der Waals surface area contributed by atoms with Gasteiger partial charge in [0.15, 0.2) is 0 Å². The van der Waals surface area contributed by atoms with Crippen LogP contribution in [0.5, 0.6) is 0 Å². The molecule has 0 aliphatic heterocycles. The Morgan fingerprint density at radius 1 is 0.353 bits per heavy atom. The molecule has 11 aromatic rings. The van der Waals surface area contributed by atoms with E-state index in [1.54, 1.807) is 12.1 Å². The first-order valence-corrected chi connectivity index (χ1v) is 16.4. The first kappa shape index (κ1) is 17.3. The van der Waals surface area contributed by atoms with Gasteiger partial charge in [-0.05, 0) is 112 Å². The van der Waals surface area contributed by atoms with E-state index in [1.807, 2.05) is 72.8 Å². The van der Waals surface area contributed by atoms with Crippen LogP contribution in [0, 0.1) is 0 Å². The van der Waals surface area contributed by atoms with Crippen molar-refractivity contribution in [2.75, 3.05) is 0 Å². The van der Waals surface area contributed by atoms with Crippen molar-refractivity contribution in [3.63, 3.8) is 0 Å². The van der Waals surface area contributed by atoms with Crippen LogP contribution in [0.15, 0.2) is 186 Å². The molecular weight excluding hydrogens is 617 g/mol.